The van der Waals surface area contributed by atoms with Crippen molar-refractivity contribution in [1.29, 1.82) is 0 Å². The maximum absolute atomic E-state index is 11.3. The molecule has 0 atom stereocenters. The van der Waals surface area contributed by atoms with Crippen LogP contribution in [0.5, 0.6) is 0 Å². The molecule has 8 heavy (non-hydrogen) atoms. The van der Waals surface area contributed by atoms with E-state index in [0.717, 1.165) is 0 Å². The molecule has 2 heteroatoms. The van der Waals surface area contributed by atoms with E-state index in [1.165, 1.54) is 0 Å². The van der Waals surface area contributed by atoms with Crippen LogP contribution >= 0.6 is 0 Å². The second kappa shape index (κ2) is 1.82. The van der Waals surface area contributed by atoms with Crippen LogP contribution in [-0.4, -0.2) is 4.57 Å². The molecule has 1 aromatic heterocycles. The summed E-state index contributed by atoms with van der Waals surface area (Å²) >= 11 is 0. The molecule has 0 saturated heterocycles. The van der Waals surface area contributed by atoms with Crippen molar-refractivity contribution in [2.75, 3.05) is 0 Å². The molecule has 0 unspecified atom stereocenters. The lowest BCUT2D eigenvalue weighted by atomic mass is 10.5. The van der Waals surface area contributed by atoms with Crippen molar-refractivity contribution >= 4 is 0 Å². The summed E-state index contributed by atoms with van der Waals surface area (Å²) in [5.41, 5.74) is -1.25. The third-order valence-corrected chi connectivity index (χ3v) is 0.603. The first-order valence-corrected chi connectivity index (χ1v) is 1.87. The lowest BCUT2D eigenvalue weighted by molar-refractivity contribution is 0.860. The zero-order chi connectivity index (χ0) is 12.0. The summed E-state index contributed by atoms with van der Waals surface area (Å²) in [6.07, 6.45) is -0.874. The highest BCUT2D eigenvalue weighted by molar-refractivity contribution is 4.91. The Morgan fingerprint density at radius 3 is 3.50 bits per heavy atom. The van der Waals surface area contributed by atoms with E-state index in [2.05, 4.69) is 0 Å². The van der Waals surface area contributed by atoms with Gasteiger partial charge in [-0.25, -0.2) is 0 Å². The number of pyridine rings is 1. The molecule has 0 spiro atoms. The van der Waals surface area contributed by atoms with E-state index in [0.29, 0.717) is 0 Å². The van der Waals surface area contributed by atoms with Crippen molar-refractivity contribution in [3.63, 3.8) is 0 Å². The monoisotopic (exact) mass is 116 g/mol. The molecule has 42 valence electrons. The smallest absolute Gasteiger partial charge is 0.250 e. The Kier molecular flexibility index (Phi) is 0.288. The van der Waals surface area contributed by atoms with E-state index in [4.69, 9.17) is 9.60 Å². The Labute approximate surface area is 57.2 Å². The van der Waals surface area contributed by atoms with Gasteiger partial charge in [0.2, 0.25) is 5.56 Å². The van der Waals surface area contributed by atoms with Gasteiger partial charge in [0.15, 0.2) is 0 Å². The minimum absolute atomic E-state index is 0.0652. The van der Waals surface area contributed by atoms with Crippen molar-refractivity contribution in [1.82, 2.24) is 4.57 Å². The lowest BCUT2D eigenvalue weighted by Gasteiger charge is -1.89. The first kappa shape index (κ1) is 1.26. The fraction of sp³-hybridized carbons (Fsp3) is 0.167. The Bertz CT molecular complexity index is 460. The Morgan fingerprint density at radius 1 is 1.88 bits per heavy atom. The van der Waals surface area contributed by atoms with Crippen molar-refractivity contribution in [2.24, 2.45) is 6.98 Å². The van der Waals surface area contributed by atoms with Gasteiger partial charge in [-0.15, -0.1) is 0 Å². The highest BCUT2D eigenvalue weighted by Crippen LogP contribution is 1.73. The second-order valence-electron chi connectivity index (χ2n) is 1.13. The normalized spacial score (nSPS) is 23.2. The van der Waals surface area contributed by atoms with Crippen LogP contribution in [0.1, 0.15) is 9.60 Å². The minimum atomic E-state index is -2.91. The molecule has 0 N–H and O–H groups in total. The number of hydrogen-bond donors (Lipinski definition) is 0. The predicted octanol–water partition coefficient (Wildman–Crippen LogP) is 0.385. The number of hydrogen-bond acceptors (Lipinski definition) is 1. The SMILES string of the molecule is [2H]c1c([2H])c([2H])n(C([2H])([2H])[2H])c(=O)c1[2H]. The van der Waals surface area contributed by atoms with Crippen LogP contribution in [-0.2, 0) is 6.98 Å². The van der Waals surface area contributed by atoms with Crippen molar-refractivity contribution < 1.29 is 9.60 Å². The van der Waals surface area contributed by atoms with Gasteiger partial charge in [0.25, 0.3) is 0 Å². The van der Waals surface area contributed by atoms with Gasteiger partial charge < -0.3 is 4.57 Å². The van der Waals surface area contributed by atoms with E-state index in [-0.39, 0.29) is 4.57 Å². The van der Waals surface area contributed by atoms with E-state index in [9.17, 15) is 4.79 Å². The lowest BCUT2D eigenvalue weighted by Crippen LogP contribution is -2.12. The van der Waals surface area contributed by atoms with E-state index in [1.807, 2.05) is 0 Å². The molecule has 0 aliphatic heterocycles. The van der Waals surface area contributed by atoms with Gasteiger partial charge in [-0.3, -0.25) is 4.79 Å². The fourth-order valence-electron chi connectivity index (χ4n) is 0.275. The highest BCUT2D eigenvalue weighted by Gasteiger charge is 1.79. The average molecular weight is 116 g/mol. The van der Waals surface area contributed by atoms with Crippen molar-refractivity contribution in [3.8, 4) is 0 Å². The van der Waals surface area contributed by atoms with Gasteiger partial charge >= 0.3 is 0 Å². The number of aromatic nitrogens is 1. The van der Waals surface area contributed by atoms with Gasteiger partial charge in [0, 0.05) is 23.3 Å². The number of nitrogens with zero attached hydrogens (tertiary/aromatic N) is 1. The summed E-state index contributed by atoms with van der Waals surface area (Å²) < 4.78 is 49.7. The van der Waals surface area contributed by atoms with Crippen molar-refractivity contribution in [3.05, 3.63) is 34.7 Å². The molecule has 0 saturated carbocycles. The Hall–Kier alpha value is -1.05. The van der Waals surface area contributed by atoms with Gasteiger partial charge in [-0.05, 0) is 6.04 Å². The third-order valence-electron chi connectivity index (χ3n) is 0.603. The first-order chi connectivity index (χ1) is 6.68. The minimum Gasteiger partial charge on any atom is -0.319 e. The number of rotatable bonds is 0. The van der Waals surface area contributed by atoms with Crippen LogP contribution in [0.4, 0.5) is 0 Å². The molecular formula is C6H7NO. The molecule has 0 amide bonds. The summed E-state index contributed by atoms with van der Waals surface area (Å²) in [7, 11) is 0. The predicted molar refractivity (Wildman–Crippen MR) is 31.7 cm³/mol. The molecule has 1 aromatic rings. The zero-order valence-corrected chi connectivity index (χ0v) is 3.86. The first-order valence-electron chi connectivity index (χ1n) is 5.37. The van der Waals surface area contributed by atoms with Gasteiger partial charge in [0.05, 0.1) is 5.48 Å². The standard InChI is InChI=1S/C6H7NO/c1-7-5-3-2-4-6(7)8/h2-5H,1H3/i1D3,2D,3D,4D,5D. The molecule has 1 rings (SSSR count). The molecule has 0 fully saturated rings. The fourth-order valence-corrected chi connectivity index (χ4v) is 0.275. The van der Waals surface area contributed by atoms with Crippen LogP contribution in [0, 0.1) is 0 Å². The van der Waals surface area contributed by atoms with Crippen LogP contribution in [0.2, 0.25) is 0 Å². The molecule has 0 aliphatic rings. The summed E-state index contributed by atoms with van der Waals surface area (Å²) in [6.45, 7) is -2.91. The molecule has 2 nitrogen and oxygen atoms in total. The molecule has 0 bridgehead atoms. The second-order valence-corrected chi connectivity index (χ2v) is 1.13. The van der Waals surface area contributed by atoms with Gasteiger partial charge in [0.1, 0.15) is 0 Å². The van der Waals surface area contributed by atoms with Crippen LogP contribution < -0.4 is 5.56 Å². The maximum Gasteiger partial charge on any atom is 0.250 e. The zero-order valence-electron chi connectivity index (χ0n) is 10.9. The molecule has 0 aromatic carbocycles. The van der Waals surface area contributed by atoms with Gasteiger partial charge in [-0.2, -0.15) is 0 Å². The van der Waals surface area contributed by atoms with Crippen LogP contribution in [0.15, 0.2) is 29.1 Å². The Balaban J connectivity index is 3.77. The van der Waals surface area contributed by atoms with Crippen LogP contribution in [0.25, 0.3) is 0 Å². The largest absolute Gasteiger partial charge is 0.319 e. The molecule has 0 aliphatic carbocycles. The quantitative estimate of drug-likeness (QED) is 0.480. The molecular weight excluding hydrogens is 102 g/mol. The van der Waals surface area contributed by atoms with Crippen molar-refractivity contribution in [2.45, 2.75) is 0 Å². The topological polar surface area (TPSA) is 22.0 Å². The highest BCUT2D eigenvalue weighted by atomic mass is 16.1. The van der Waals surface area contributed by atoms with Gasteiger partial charge in [-0.1, -0.05) is 6.04 Å². The summed E-state index contributed by atoms with van der Waals surface area (Å²) in [5, 5.41) is 0. The van der Waals surface area contributed by atoms with E-state index in [1.54, 1.807) is 0 Å². The Morgan fingerprint density at radius 2 is 2.75 bits per heavy atom. The third kappa shape index (κ3) is 0.780. The summed E-state index contributed by atoms with van der Waals surface area (Å²) in [6, 6.07) is -2.35. The van der Waals surface area contributed by atoms with Crippen LogP contribution in [0.3, 0.4) is 0 Å². The maximum atomic E-state index is 11.3. The molecule has 0 radical (unpaired) electrons. The molecule has 1 heterocycles. The van der Waals surface area contributed by atoms with E-state index >= 15 is 0 Å². The summed E-state index contributed by atoms with van der Waals surface area (Å²) in [4.78, 5) is 11.3. The average Bonchev–Trinajstić information content (AvgIpc) is 2.09. The summed E-state index contributed by atoms with van der Waals surface area (Å²) in [5.74, 6) is 0. The van der Waals surface area contributed by atoms with E-state index < -0.39 is 36.8 Å².